The van der Waals surface area contributed by atoms with Gasteiger partial charge in [-0.3, -0.25) is 4.79 Å². The SMILES string of the molecule is Cc1cc(NC(=O)CN(C)S(=O)(=O)c2cccs2)no1. The Morgan fingerprint density at radius 2 is 2.30 bits per heavy atom. The topological polar surface area (TPSA) is 92.5 Å². The monoisotopic (exact) mass is 315 g/mol. The number of nitrogens with zero attached hydrogens (tertiary/aromatic N) is 2. The first-order chi connectivity index (χ1) is 9.39. The lowest BCUT2D eigenvalue weighted by atomic mass is 10.5. The molecule has 0 atom stereocenters. The van der Waals surface area contributed by atoms with Crippen LogP contribution in [0.25, 0.3) is 0 Å². The molecule has 20 heavy (non-hydrogen) atoms. The molecule has 0 bridgehead atoms. The zero-order valence-corrected chi connectivity index (χ0v) is 12.5. The molecule has 7 nitrogen and oxygen atoms in total. The van der Waals surface area contributed by atoms with Crippen LogP contribution < -0.4 is 5.32 Å². The number of aryl methyl sites for hydroxylation is 1. The molecule has 0 saturated heterocycles. The number of nitrogens with one attached hydrogen (secondary N) is 1. The second kappa shape index (κ2) is 5.73. The number of hydrogen-bond acceptors (Lipinski definition) is 6. The van der Waals surface area contributed by atoms with Crippen LogP contribution in [-0.4, -0.2) is 37.4 Å². The van der Waals surface area contributed by atoms with Gasteiger partial charge in [0, 0.05) is 13.1 Å². The Morgan fingerprint density at radius 3 is 2.85 bits per heavy atom. The van der Waals surface area contributed by atoms with Crippen LogP contribution in [-0.2, 0) is 14.8 Å². The second-order valence-electron chi connectivity index (χ2n) is 4.06. The first kappa shape index (κ1) is 14.7. The molecule has 1 N–H and O–H groups in total. The van der Waals surface area contributed by atoms with Crippen LogP contribution >= 0.6 is 11.3 Å². The first-order valence-corrected chi connectivity index (χ1v) is 7.94. The summed E-state index contributed by atoms with van der Waals surface area (Å²) in [5.74, 6) is 0.329. The third kappa shape index (κ3) is 3.24. The van der Waals surface area contributed by atoms with Gasteiger partial charge in [-0.2, -0.15) is 4.31 Å². The molecule has 0 aliphatic carbocycles. The fraction of sp³-hybridized carbons (Fsp3) is 0.273. The number of sulfonamides is 1. The second-order valence-corrected chi connectivity index (χ2v) is 7.28. The van der Waals surface area contributed by atoms with Crippen LogP contribution in [0.4, 0.5) is 5.82 Å². The van der Waals surface area contributed by atoms with Crippen molar-refractivity contribution in [3.05, 3.63) is 29.3 Å². The largest absolute Gasteiger partial charge is 0.360 e. The maximum absolute atomic E-state index is 12.1. The van der Waals surface area contributed by atoms with Crippen molar-refractivity contribution >= 4 is 33.1 Å². The molecule has 0 spiro atoms. The molecule has 0 unspecified atom stereocenters. The molecular weight excluding hydrogens is 302 g/mol. The predicted octanol–water partition coefficient (Wildman–Crippen LogP) is 1.30. The molecule has 2 heterocycles. The number of amides is 1. The van der Waals surface area contributed by atoms with Crippen molar-refractivity contribution in [2.45, 2.75) is 11.1 Å². The zero-order valence-electron chi connectivity index (χ0n) is 10.9. The van der Waals surface area contributed by atoms with Gasteiger partial charge in [-0.25, -0.2) is 8.42 Å². The lowest BCUT2D eigenvalue weighted by Crippen LogP contribution is -2.34. The number of rotatable bonds is 5. The van der Waals surface area contributed by atoms with Gasteiger partial charge in [-0.05, 0) is 18.4 Å². The minimum Gasteiger partial charge on any atom is -0.360 e. The van der Waals surface area contributed by atoms with Crippen LogP contribution in [0, 0.1) is 6.92 Å². The van der Waals surface area contributed by atoms with E-state index < -0.39 is 15.9 Å². The molecule has 0 fully saturated rings. The lowest BCUT2D eigenvalue weighted by molar-refractivity contribution is -0.116. The van der Waals surface area contributed by atoms with Gasteiger partial charge in [0.25, 0.3) is 10.0 Å². The average molecular weight is 315 g/mol. The highest BCUT2D eigenvalue weighted by atomic mass is 32.2. The van der Waals surface area contributed by atoms with Gasteiger partial charge in [0.1, 0.15) is 9.97 Å². The molecule has 108 valence electrons. The Hall–Kier alpha value is -1.71. The number of hydrogen-bond donors (Lipinski definition) is 1. The summed E-state index contributed by atoms with van der Waals surface area (Å²) in [4.78, 5) is 11.8. The summed E-state index contributed by atoms with van der Waals surface area (Å²) in [5, 5.41) is 7.73. The maximum Gasteiger partial charge on any atom is 0.252 e. The van der Waals surface area contributed by atoms with E-state index >= 15 is 0 Å². The number of carbonyl (C=O) groups excluding carboxylic acids is 1. The molecule has 2 aromatic heterocycles. The molecule has 2 aromatic rings. The summed E-state index contributed by atoms with van der Waals surface area (Å²) in [6.45, 7) is 1.39. The summed E-state index contributed by atoms with van der Waals surface area (Å²) in [6, 6.07) is 4.69. The van der Waals surface area contributed by atoms with E-state index in [0.29, 0.717) is 5.76 Å². The smallest absolute Gasteiger partial charge is 0.252 e. The molecular formula is C11H13N3O4S2. The molecule has 0 saturated carbocycles. The molecule has 1 amide bonds. The van der Waals surface area contributed by atoms with Crippen LogP contribution in [0.2, 0.25) is 0 Å². The fourth-order valence-corrected chi connectivity index (χ4v) is 3.79. The Balaban J connectivity index is 2.01. The summed E-state index contributed by atoms with van der Waals surface area (Å²) < 4.78 is 30.2. The van der Waals surface area contributed by atoms with Gasteiger partial charge < -0.3 is 9.84 Å². The van der Waals surface area contributed by atoms with E-state index in [9.17, 15) is 13.2 Å². The van der Waals surface area contributed by atoms with E-state index in [0.717, 1.165) is 15.6 Å². The highest BCUT2D eigenvalue weighted by Gasteiger charge is 2.24. The van der Waals surface area contributed by atoms with Crippen LogP contribution in [0.5, 0.6) is 0 Å². The predicted molar refractivity (Wildman–Crippen MR) is 74.0 cm³/mol. The Kier molecular flexibility index (Phi) is 4.21. The summed E-state index contributed by atoms with van der Waals surface area (Å²) in [5.41, 5.74) is 0. The quantitative estimate of drug-likeness (QED) is 0.898. The third-order valence-electron chi connectivity index (χ3n) is 2.42. The highest BCUT2D eigenvalue weighted by Crippen LogP contribution is 2.19. The minimum absolute atomic E-state index is 0.199. The van der Waals surface area contributed by atoms with Crippen molar-refractivity contribution in [1.82, 2.24) is 9.46 Å². The lowest BCUT2D eigenvalue weighted by Gasteiger charge is -2.14. The average Bonchev–Trinajstić information content (AvgIpc) is 3.00. The number of carbonyl (C=O) groups is 1. The van der Waals surface area contributed by atoms with Gasteiger partial charge in [-0.15, -0.1) is 11.3 Å². The van der Waals surface area contributed by atoms with E-state index in [-0.39, 0.29) is 16.6 Å². The van der Waals surface area contributed by atoms with Gasteiger partial charge >= 0.3 is 0 Å². The van der Waals surface area contributed by atoms with Crippen molar-refractivity contribution in [3.63, 3.8) is 0 Å². The number of thiophene rings is 1. The summed E-state index contributed by atoms with van der Waals surface area (Å²) in [7, 11) is -2.28. The highest BCUT2D eigenvalue weighted by molar-refractivity contribution is 7.91. The number of likely N-dealkylation sites (N-methyl/N-ethyl adjacent to an activating group) is 1. The molecule has 0 aliphatic heterocycles. The van der Waals surface area contributed by atoms with Crippen molar-refractivity contribution in [1.29, 1.82) is 0 Å². The van der Waals surface area contributed by atoms with Crippen LogP contribution in [0.1, 0.15) is 5.76 Å². The summed E-state index contributed by atoms with van der Waals surface area (Å²) >= 11 is 1.10. The van der Waals surface area contributed by atoms with E-state index in [2.05, 4.69) is 10.5 Å². The van der Waals surface area contributed by atoms with E-state index in [1.165, 1.54) is 13.1 Å². The van der Waals surface area contributed by atoms with Crippen molar-refractivity contribution in [2.75, 3.05) is 18.9 Å². The van der Waals surface area contributed by atoms with E-state index in [4.69, 9.17) is 4.52 Å². The molecule has 0 radical (unpaired) electrons. The fourth-order valence-electron chi connectivity index (χ4n) is 1.46. The molecule has 0 aromatic carbocycles. The Labute approximate surface area is 120 Å². The van der Waals surface area contributed by atoms with E-state index in [1.807, 2.05) is 0 Å². The first-order valence-electron chi connectivity index (χ1n) is 5.62. The van der Waals surface area contributed by atoms with Gasteiger partial charge in [0.05, 0.1) is 6.54 Å². The van der Waals surface area contributed by atoms with Gasteiger partial charge in [0.15, 0.2) is 5.82 Å². The van der Waals surface area contributed by atoms with Crippen LogP contribution in [0.3, 0.4) is 0 Å². The maximum atomic E-state index is 12.1. The normalized spacial score (nSPS) is 11.8. The number of aromatic nitrogens is 1. The molecule has 0 aliphatic rings. The molecule has 9 heteroatoms. The van der Waals surface area contributed by atoms with E-state index in [1.54, 1.807) is 24.4 Å². The molecule has 2 rings (SSSR count). The van der Waals surface area contributed by atoms with Gasteiger partial charge in [-0.1, -0.05) is 11.2 Å². The standard InChI is InChI=1S/C11H13N3O4S2/c1-8-6-9(13-18-8)12-10(15)7-14(2)20(16,17)11-4-3-5-19-11/h3-6H,7H2,1-2H3,(H,12,13,15). The van der Waals surface area contributed by atoms with Crippen molar-refractivity contribution in [3.8, 4) is 0 Å². The Morgan fingerprint density at radius 1 is 1.55 bits per heavy atom. The van der Waals surface area contributed by atoms with Crippen LogP contribution in [0.15, 0.2) is 32.3 Å². The minimum atomic E-state index is -3.63. The van der Waals surface area contributed by atoms with Crippen molar-refractivity contribution in [2.24, 2.45) is 0 Å². The van der Waals surface area contributed by atoms with Crippen molar-refractivity contribution < 1.29 is 17.7 Å². The van der Waals surface area contributed by atoms with Gasteiger partial charge in [0.2, 0.25) is 5.91 Å². The Bertz CT molecular complexity index is 691. The number of anilines is 1. The zero-order chi connectivity index (χ0) is 14.8. The summed E-state index contributed by atoms with van der Waals surface area (Å²) in [6.07, 6.45) is 0. The third-order valence-corrected chi connectivity index (χ3v) is 5.60.